The molecule has 0 spiro atoms. The first kappa shape index (κ1) is 8.15. The molecule has 2 heteroatoms. The van der Waals surface area contributed by atoms with Crippen molar-refractivity contribution >= 4 is 11.6 Å². The molecule has 0 saturated carbocycles. The minimum atomic E-state index is 0.137. The summed E-state index contributed by atoms with van der Waals surface area (Å²) in [4.78, 5) is 0. The Kier molecular flexibility index (Phi) is 2.55. The molecular formula is C9H9ClO. The van der Waals surface area contributed by atoms with Crippen LogP contribution >= 0.6 is 11.6 Å². The molecule has 0 saturated heterocycles. The van der Waals surface area contributed by atoms with Gasteiger partial charge in [-0.05, 0) is 11.6 Å². The van der Waals surface area contributed by atoms with Crippen molar-refractivity contribution in [1.82, 2.24) is 0 Å². The Balaban J connectivity index is 2.86. The monoisotopic (exact) mass is 168 g/mol. The van der Waals surface area contributed by atoms with E-state index in [0.29, 0.717) is 11.4 Å². The Hall–Kier alpha value is -0.950. The molecule has 0 aromatic heterocycles. The molecule has 1 aromatic carbocycles. The molecule has 1 rings (SSSR count). The first-order valence-electron chi connectivity index (χ1n) is 3.30. The van der Waals surface area contributed by atoms with Gasteiger partial charge < -0.3 is 5.11 Å². The second-order valence-electron chi connectivity index (χ2n) is 2.33. The van der Waals surface area contributed by atoms with E-state index in [2.05, 4.69) is 6.58 Å². The third-order valence-corrected chi connectivity index (χ3v) is 1.72. The van der Waals surface area contributed by atoms with Crippen molar-refractivity contribution in [3.63, 3.8) is 0 Å². The van der Waals surface area contributed by atoms with Gasteiger partial charge >= 0.3 is 0 Å². The molecule has 0 aliphatic rings. The van der Waals surface area contributed by atoms with E-state index in [0.717, 1.165) is 5.56 Å². The molecule has 0 unspecified atom stereocenters. The number of rotatable bonds is 2. The summed E-state index contributed by atoms with van der Waals surface area (Å²) in [6, 6.07) is 7.39. The van der Waals surface area contributed by atoms with Gasteiger partial charge in [0.05, 0.1) is 5.76 Å². The molecular weight excluding hydrogens is 160 g/mol. The van der Waals surface area contributed by atoms with Gasteiger partial charge in [0.1, 0.15) is 0 Å². The Morgan fingerprint density at radius 2 is 2.09 bits per heavy atom. The molecule has 0 heterocycles. The average molecular weight is 169 g/mol. The maximum atomic E-state index is 8.88. The Morgan fingerprint density at radius 3 is 2.64 bits per heavy atom. The van der Waals surface area contributed by atoms with Crippen LogP contribution < -0.4 is 0 Å². The van der Waals surface area contributed by atoms with Crippen molar-refractivity contribution in [2.24, 2.45) is 0 Å². The van der Waals surface area contributed by atoms with E-state index < -0.39 is 0 Å². The van der Waals surface area contributed by atoms with Gasteiger partial charge in [-0.2, -0.15) is 0 Å². The van der Waals surface area contributed by atoms with Crippen LogP contribution in [0.1, 0.15) is 5.56 Å². The fourth-order valence-corrected chi connectivity index (χ4v) is 1.06. The van der Waals surface area contributed by atoms with Crippen molar-refractivity contribution in [2.75, 3.05) is 0 Å². The minimum Gasteiger partial charge on any atom is -0.513 e. The molecule has 0 aliphatic heterocycles. The van der Waals surface area contributed by atoms with Crippen LogP contribution in [0.5, 0.6) is 0 Å². The van der Waals surface area contributed by atoms with E-state index in [-0.39, 0.29) is 5.76 Å². The summed E-state index contributed by atoms with van der Waals surface area (Å²) in [5.41, 5.74) is 0.904. The lowest BCUT2D eigenvalue weighted by Gasteiger charge is -2.00. The smallest absolute Gasteiger partial charge is 0.0895 e. The van der Waals surface area contributed by atoms with Crippen LogP contribution in [0.25, 0.3) is 0 Å². The largest absolute Gasteiger partial charge is 0.513 e. The van der Waals surface area contributed by atoms with Gasteiger partial charge in [0.15, 0.2) is 0 Å². The molecule has 11 heavy (non-hydrogen) atoms. The predicted octanol–water partition coefficient (Wildman–Crippen LogP) is 2.95. The van der Waals surface area contributed by atoms with E-state index in [4.69, 9.17) is 16.7 Å². The number of halogens is 1. The highest BCUT2D eigenvalue weighted by atomic mass is 35.5. The number of hydrogen-bond donors (Lipinski definition) is 1. The SMILES string of the molecule is C=C(O)Cc1ccccc1Cl. The number of benzene rings is 1. The lowest BCUT2D eigenvalue weighted by atomic mass is 10.1. The van der Waals surface area contributed by atoms with Crippen molar-refractivity contribution < 1.29 is 5.11 Å². The quantitative estimate of drug-likeness (QED) is 0.674. The van der Waals surface area contributed by atoms with Gasteiger partial charge in [0, 0.05) is 11.4 Å². The summed E-state index contributed by atoms with van der Waals surface area (Å²) >= 11 is 5.82. The molecule has 1 N–H and O–H groups in total. The normalized spacial score (nSPS) is 9.55. The topological polar surface area (TPSA) is 20.2 Å². The lowest BCUT2D eigenvalue weighted by Crippen LogP contribution is -1.87. The van der Waals surface area contributed by atoms with Crippen molar-refractivity contribution in [1.29, 1.82) is 0 Å². The van der Waals surface area contributed by atoms with Gasteiger partial charge in [-0.3, -0.25) is 0 Å². The predicted molar refractivity (Wildman–Crippen MR) is 46.9 cm³/mol. The highest BCUT2D eigenvalue weighted by Gasteiger charge is 1.98. The summed E-state index contributed by atoms with van der Waals surface area (Å²) in [5, 5.41) is 9.55. The standard InChI is InChI=1S/C9H9ClO/c1-7(11)6-8-4-2-3-5-9(8)10/h2-5,11H,1,6H2. The van der Waals surface area contributed by atoms with Gasteiger partial charge in [-0.1, -0.05) is 36.4 Å². The van der Waals surface area contributed by atoms with Crippen LogP contribution in [0.2, 0.25) is 5.02 Å². The lowest BCUT2D eigenvalue weighted by molar-refractivity contribution is 0.401. The third kappa shape index (κ3) is 2.28. The number of aliphatic hydroxyl groups is 1. The highest BCUT2D eigenvalue weighted by molar-refractivity contribution is 6.31. The molecule has 0 bridgehead atoms. The van der Waals surface area contributed by atoms with Gasteiger partial charge in [-0.15, -0.1) is 0 Å². The third-order valence-electron chi connectivity index (χ3n) is 1.35. The Morgan fingerprint density at radius 1 is 1.45 bits per heavy atom. The van der Waals surface area contributed by atoms with Crippen molar-refractivity contribution in [3.05, 3.63) is 47.2 Å². The van der Waals surface area contributed by atoms with Crippen LogP contribution in [0.4, 0.5) is 0 Å². The van der Waals surface area contributed by atoms with Crippen LogP contribution in [0.15, 0.2) is 36.6 Å². The van der Waals surface area contributed by atoms with Crippen LogP contribution in [-0.4, -0.2) is 5.11 Å². The summed E-state index contributed by atoms with van der Waals surface area (Å²) in [6.07, 6.45) is 0.430. The molecule has 1 aromatic rings. The zero-order valence-corrected chi connectivity index (χ0v) is 6.80. The summed E-state index contributed by atoms with van der Waals surface area (Å²) in [6.45, 7) is 3.39. The van der Waals surface area contributed by atoms with E-state index in [9.17, 15) is 0 Å². The van der Waals surface area contributed by atoms with E-state index in [1.165, 1.54) is 0 Å². The summed E-state index contributed by atoms with van der Waals surface area (Å²) in [5.74, 6) is 0.137. The number of allylic oxidation sites excluding steroid dienone is 1. The average Bonchev–Trinajstić information content (AvgIpc) is 1.93. The van der Waals surface area contributed by atoms with Crippen LogP contribution in [0, 0.1) is 0 Å². The first-order valence-corrected chi connectivity index (χ1v) is 3.68. The molecule has 0 atom stereocenters. The number of aliphatic hydroxyl groups excluding tert-OH is 1. The molecule has 1 nitrogen and oxygen atoms in total. The van der Waals surface area contributed by atoms with Gasteiger partial charge in [0.2, 0.25) is 0 Å². The first-order chi connectivity index (χ1) is 5.20. The molecule has 0 aliphatic carbocycles. The van der Waals surface area contributed by atoms with Gasteiger partial charge in [-0.25, -0.2) is 0 Å². The Labute approximate surface area is 70.9 Å². The number of hydrogen-bond acceptors (Lipinski definition) is 1. The van der Waals surface area contributed by atoms with Crippen LogP contribution in [-0.2, 0) is 6.42 Å². The zero-order valence-electron chi connectivity index (χ0n) is 6.05. The highest BCUT2D eigenvalue weighted by Crippen LogP contribution is 2.16. The van der Waals surface area contributed by atoms with E-state index in [1.54, 1.807) is 6.07 Å². The minimum absolute atomic E-state index is 0.137. The second-order valence-corrected chi connectivity index (χ2v) is 2.74. The second kappa shape index (κ2) is 3.44. The summed E-state index contributed by atoms with van der Waals surface area (Å²) in [7, 11) is 0. The zero-order chi connectivity index (χ0) is 8.27. The molecule has 0 amide bonds. The maximum Gasteiger partial charge on any atom is 0.0895 e. The fourth-order valence-electron chi connectivity index (χ4n) is 0.862. The summed E-state index contributed by atoms with van der Waals surface area (Å²) < 4.78 is 0. The molecule has 0 fully saturated rings. The van der Waals surface area contributed by atoms with E-state index >= 15 is 0 Å². The maximum absolute atomic E-state index is 8.88. The van der Waals surface area contributed by atoms with Crippen molar-refractivity contribution in [2.45, 2.75) is 6.42 Å². The Bertz CT molecular complexity index is 268. The fraction of sp³-hybridized carbons (Fsp3) is 0.111. The van der Waals surface area contributed by atoms with Crippen molar-refractivity contribution in [3.8, 4) is 0 Å². The molecule has 0 radical (unpaired) electrons. The molecule has 58 valence electrons. The van der Waals surface area contributed by atoms with Gasteiger partial charge in [0.25, 0.3) is 0 Å². The van der Waals surface area contributed by atoms with Crippen LogP contribution in [0.3, 0.4) is 0 Å². The van der Waals surface area contributed by atoms with E-state index in [1.807, 2.05) is 18.2 Å².